The smallest absolute Gasteiger partial charge is 0.303 e. The fraction of sp³-hybridized carbons (Fsp3) is 0.375. The van der Waals surface area contributed by atoms with E-state index in [-0.39, 0.29) is 6.42 Å². The Morgan fingerprint density at radius 2 is 1.85 bits per heavy atom. The molecule has 20 heavy (non-hydrogen) atoms. The molecule has 0 radical (unpaired) electrons. The summed E-state index contributed by atoms with van der Waals surface area (Å²) in [5.74, 6) is -0.736. The van der Waals surface area contributed by atoms with E-state index in [9.17, 15) is 4.79 Å². The first-order chi connectivity index (χ1) is 9.49. The van der Waals surface area contributed by atoms with E-state index in [1.807, 2.05) is 35.9 Å². The second kappa shape index (κ2) is 5.90. The third-order valence-electron chi connectivity index (χ3n) is 3.69. The maximum atomic E-state index is 10.5. The molecular formula is C16H20N2O2. The first-order valence-electron chi connectivity index (χ1n) is 6.83. The number of rotatable bonds is 5. The van der Waals surface area contributed by atoms with Gasteiger partial charge in [-0.1, -0.05) is 12.1 Å². The minimum Gasteiger partial charge on any atom is -0.481 e. The summed E-state index contributed by atoms with van der Waals surface area (Å²) in [5.41, 5.74) is 5.62. The van der Waals surface area contributed by atoms with Gasteiger partial charge in [-0.3, -0.25) is 4.79 Å². The molecule has 0 bridgehead atoms. The molecule has 0 unspecified atom stereocenters. The molecule has 0 atom stereocenters. The van der Waals surface area contributed by atoms with E-state index in [1.165, 1.54) is 5.56 Å². The summed E-state index contributed by atoms with van der Waals surface area (Å²) in [5, 5.41) is 13.2. The quantitative estimate of drug-likeness (QED) is 0.909. The lowest BCUT2D eigenvalue weighted by atomic mass is 10.1. The summed E-state index contributed by atoms with van der Waals surface area (Å²) in [6, 6.07) is 8.16. The van der Waals surface area contributed by atoms with Gasteiger partial charge in [-0.2, -0.15) is 5.10 Å². The molecule has 4 nitrogen and oxygen atoms in total. The van der Waals surface area contributed by atoms with Crippen LogP contribution in [0.2, 0.25) is 0 Å². The highest BCUT2D eigenvalue weighted by atomic mass is 16.4. The zero-order valence-electron chi connectivity index (χ0n) is 12.2. The molecule has 4 heteroatoms. The number of aromatic nitrogens is 2. The van der Waals surface area contributed by atoms with Crippen LogP contribution in [-0.4, -0.2) is 20.9 Å². The van der Waals surface area contributed by atoms with Crippen molar-refractivity contribution in [2.45, 2.75) is 40.0 Å². The fourth-order valence-corrected chi connectivity index (χ4v) is 2.22. The van der Waals surface area contributed by atoms with E-state index in [1.54, 1.807) is 0 Å². The lowest BCUT2D eigenvalue weighted by molar-refractivity contribution is -0.137. The van der Waals surface area contributed by atoms with Crippen LogP contribution in [0.1, 0.15) is 35.4 Å². The van der Waals surface area contributed by atoms with Gasteiger partial charge in [-0.15, -0.1) is 0 Å². The summed E-state index contributed by atoms with van der Waals surface area (Å²) in [4.78, 5) is 10.5. The topological polar surface area (TPSA) is 55.1 Å². The molecular weight excluding hydrogens is 252 g/mol. The molecule has 0 saturated heterocycles. The van der Waals surface area contributed by atoms with Gasteiger partial charge >= 0.3 is 5.97 Å². The molecule has 1 aromatic heterocycles. The average molecular weight is 272 g/mol. The Kier molecular flexibility index (Phi) is 4.23. The maximum Gasteiger partial charge on any atom is 0.303 e. The van der Waals surface area contributed by atoms with Gasteiger partial charge in [0.2, 0.25) is 0 Å². The van der Waals surface area contributed by atoms with Crippen LogP contribution in [0.4, 0.5) is 0 Å². The van der Waals surface area contributed by atoms with E-state index in [2.05, 4.69) is 18.9 Å². The average Bonchev–Trinajstić information content (AvgIpc) is 2.67. The molecule has 1 aromatic carbocycles. The molecule has 0 aliphatic heterocycles. The van der Waals surface area contributed by atoms with E-state index in [0.29, 0.717) is 6.42 Å². The first-order valence-corrected chi connectivity index (χ1v) is 6.83. The van der Waals surface area contributed by atoms with E-state index in [4.69, 9.17) is 5.11 Å². The first kappa shape index (κ1) is 14.3. The van der Waals surface area contributed by atoms with Gasteiger partial charge in [-0.25, -0.2) is 4.68 Å². The normalized spacial score (nSPS) is 10.8. The summed E-state index contributed by atoms with van der Waals surface area (Å²) in [7, 11) is 0. The molecule has 0 spiro atoms. The summed E-state index contributed by atoms with van der Waals surface area (Å²) in [6.45, 7) is 6.16. The number of carbonyl (C=O) groups is 1. The number of nitrogens with zero attached hydrogens (tertiary/aromatic N) is 2. The third kappa shape index (κ3) is 3.07. The van der Waals surface area contributed by atoms with Crippen LogP contribution in [-0.2, 0) is 11.2 Å². The molecule has 2 rings (SSSR count). The highest BCUT2D eigenvalue weighted by Crippen LogP contribution is 2.17. The number of aliphatic carboxylic acids is 1. The highest BCUT2D eigenvalue weighted by molar-refractivity contribution is 5.66. The summed E-state index contributed by atoms with van der Waals surface area (Å²) in [6.07, 6.45) is 1.69. The van der Waals surface area contributed by atoms with Crippen LogP contribution in [0.3, 0.4) is 0 Å². The Labute approximate surface area is 119 Å². The predicted octanol–water partition coefficient (Wildman–Crippen LogP) is 3.20. The van der Waals surface area contributed by atoms with Crippen LogP contribution < -0.4 is 0 Å². The number of hydrogen-bond donors (Lipinski definition) is 1. The molecule has 1 N–H and O–H groups in total. The van der Waals surface area contributed by atoms with E-state index < -0.39 is 5.97 Å². The fourth-order valence-electron chi connectivity index (χ4n) is 2.22. The van der Waals surface area contributed by atoms with Gasteiger partial charge in [0.05, 0.1) is 11.4 Å². The van der Waals surface area contributed by atoms with Crippen molar-refractivity contribution < 1.29 is 9.90 Å². The van der Waals surface area contributed by atoms with Crippen LogP contribution in [0.5, 0.6) is 0 Å². The van der Waals surface area contributed by atoms with Crippen molar-refractivity contribution >= 4 is 5.97 Å². The number of carboxylic acids is 1. The van der Waals surface area contributed by atoms with Crippen molar-refractivity contribution in [2.24, 2.45) is 0 Å². The van der Waals surface area contributed by atoms with Gasteiger partial charge in [0.15, 0.2) is 0 Å². The third-order valence-corrected chi connectivity index (χ3v) is 3.69. The van der Waals surface area contributed by atoms with Crippen molar-refractivity contribution in [1.82, 2.24) is 9.78 Å². The predicted molar refractivity (Wildman–Crippen MR) is 78.3 cm³/mol. The Morgan fingerprint density at radius 3 is 2.35 bits per heavy atom. The molecule has 106 valence electrons. The lowest BCUT2D eigenvalue weighted by Crippen LogP contribution is -2.00. The van der Waals surface area contributed by atoms with Crippen LogP contribution >= 0.6 is 0 Å². The van der Waals surface area contributed by atoms with Gasteiger partial charge in [-0.05, 0) is 56.9 Å². The highest BCUT2D eigenvalue weighted by Gasteiger charge is 2.08. The van der Waals surface area contributed by atoms with Crippen LogP contribution in [0.15, 0.2) is 24.3 Å². The monoisotopic (exact) mass is 272 g/mol. The van der Waals surface area contributed by atoms with Gasteiger partial charge in [0.25, 0.3) is 0 Å². The summed E-state index contributed by atoms with van der Waals surface area (Å²) >= 11 is 0. The molecule has 2 aromatic rings. The molecule has 1 heterocycles. The Bertz CT molecular complexity index is 612. The Balaban J connectivity index is 2.11. The number of hydrogen-bond acceptors (Lipinski definition) is 2. The molecule has 0 aliphatic rings. The van der Waals surface area contributed by atoms with E-state index in [0.717, 1.165) is 29.1 Å². The van der Waals surface area contributed by atoms with Gasteiger partial charge in [0, 0.05) is 12.1 Å². The van der Waals surface area contributed by atoms with Crippen molar-refractivity contribution in [1.29, 1.82) is 0 Å². The second-order valence-corrected chi connectivity index (χ2v) is 5.12. The minimum atomic E-state index is -0.736. The van der Waals surface area contributed by atoms with Crippen LogP contribution in [0.25, 0.3) is 5.69 Å². The number of benzene rings is 1. The Hall–Kier alpha value is -2.10. The number of aryl methyl sites for hydroxylation is 2. The zero-order chi connectivity index (χ0) is 14.7. The largest absolute Gasteiger partial charge is 0.481 e. The number of carboxylic acid groups (broad SMARTS) is 1. The van der Waals surface area contributed by atoms with Crippen molar-refractivity contribution in [3.63, 3.8) is 0 Å². The SMILES string of the molecule is Cc1nn(-c2ccc(CCCC(=O)O)cc2)c(C)c1C. The second-order valence-electron chi connectivity index (χ2n) is 5.12. The summed E-state index contributed by atoms with van der Waals surface area (Å²) < 4.78 is 1.95. The van der Waals surface area contributed by atoms with Crippen molar-refractivity contribution in [3.05, 3.63) is 46.8 Å². The van der Waals surface area contributed by atoms with E-state index >= 15 is 0 Å². The van der Waals surface area contributed by atoms with Gasteiger partial charge < -0.3 is 5.11 Å². The Morgan fingerprint density at radius 1 is 1.20 bits per heavy atom. The van der Waals surface area contributed by atoms with Crippen LogP contribution in [0, 0.1) is 20.8 Å². The molecule has 0 amide bonds. The minimum absolute atomic E-state index is 0.221. The molecule has 0 saturated carbocycles. The lowest BCUT2D eigenvalue weighted by Gasteiger charge is -2.06. The molecule has 0 fully saturated rings. The van der Waals surface area contributed by atoms with Gasteiger partial charge in [0.1, 0.15) is 0 Å². The van der Waals surface area contributed by atoms with Crippen molar-refractivity contribution in [3.8, 4) is 5.69 Å². The zero-order valence-corrected chi connectivity index (χ0v) is 12.2. The van der Waals surface area contributed by atoms with Crippen molar-refractivity contribution in [2.75, 3.05) is 0 Å². The molecule has 0 aliphatic carbocycles. The standard InChI is InChI=1S/C16H20N2O2/c1-11-12(2)17-18(13(11)3)15-9-7-14(8-10-15)5-4-6-16(19)20/h7-10H,4-6H2,1-3H3,(H,19,20). The maximum absolute atomic E-state index is 10.5.